The summed E-state index contributed by atoms with van der Waals surface area (Å²) in [4.78, 5) is 4.94. The molecule has 0 unspecified atom stereocenters. The maximum atomic E-state index is 12.6. The summed E-state index contributed by atoms with van der Waals surface area (Å²) in [5.74, 6) is 0. The molecule has 1 aromatic heterocycles. The van der Waals surface area contributed by atoms with Gasteiger partial charge in [0.05, 0.1) is 5.56 Å². The summed E-state index contributed by atoms with van der Waals surface area (Å²) in [7, 11) is 0. The first kappa shape index (κ1) is 13.4. The van der Waals surface area contributed by atoms with E-state index in [1.807, 2.05) is 6.07 Å². The molecular formula is C13H7F3N2S. The van der Waals surface area contributed by atoms with Gasteiger partial charge in [0.15, 0.2) is 0 Å². The van der Waals surface area contributed by atoms with Crippen molar-refractivity contribution in [3.8, 4) is 6.07 Å². The first-order valence-corrected chi connectivity index (χ1v) is 6.02. The van der Waals surface area contributed by atoms with E-state index in [1.54, 1.807) is 12.1 Å². The van der Waals surface area contributed by atoms with Gasteiger partial charge in [-0.3, -0.25) is 0 Å². The highest BCUT2D eigenvalue weighted by Crippen LogP contribution is 2.34. The number of benzene rings is 1. The number of rotatable bonds is 2. The summed E-state index contributed by atoms with van der Waals surface area (Å²) in [6, 6.07) is 10.1. The lowest BCUT2D eigenvalue weighted by molar-refractivity contribution is -0.137. The van der Waals surface area contributed by atoms with E-state index in [-0.39, 0.29) is 5.69 Å². The van der Waals surface area contributed by atoms with E-state index in [9.17, 15) is 13.2 Å². The lowest BCUT2D eigenvalue weighted by atomic mass is 10.2. The zero-order valence-corrected chi connectivity index (χ0v) is 10.3. The van der Waals surface area contributed by atoms with Gasteiger partial charge >= 0.3 is 6.18 Å². The van der Waals surface area contributed by atoms with Crippen LogP contribution in [-0.4, -0.2) is 4.98 Å². The van der Waals surface area contributed by atoms with Gasteiger partial charge in [-0.05, 0) is 30.3 Å². The minimum Gasteiger partial charge on any atom is -0.245 e. The van der Waals surface area contributed by atoms with E-state index in [0.717, 1.165) is 23.9 Å². The minimum absolute atomic E-state index is 0.233. The maximum absolute atomic E-state index is 12.6. The molecule has 0 bridgehead atoms. The van der Waals surface area contributed by atoms with E-state index in [0.29, 0.717) is 9.79 Å². The third kappa shape index (κ3) is 3.48. The van der Waals surface area contributed by atoms with Crippen molar-refractivity contribution in [1.29, 1.82) is 5.26 Å². The highest BCUT2D eigenvalue weighted by molar-refractivity contribution is 7.99. The topological polar surface area (TPSA) is 36.7 Å². The van der Waals surface area contributed by atoms with Crippen LogP contribution in [0.4, 0.5) is 13.2 Å². The molecule has 0 N–H and O–H groups in total. The second kappa shape index (κ2) is 5.33. The Morgan fingerprint density at radius 3 is 2.53 bits per heavy atom. The molecule has 0 atom stereocenters. The van der Waals surface area contributed by atoms with Gasteiger partial charge in [-0.15, -0.1) is 0 Å². The van der Waals surface area contributed by atoms with Crippen LogP contribution in [0.3, 0.4) is 0 Å². The number of nitrogens with zero attached hydrogens (tertiary/aromatic N) is 2. The molecule has 2 rings (SSSR count). The summed E-state index contributed by atoms with van der Waals surface area (Å²) >= 11 is 1.16. The van der Waals surface area contributed by atoms with Crippen LogP contribution in [0.25, 0.3) is 0 Å². The first-order valence-electron chi connectivity index (χ1n) is 5.20. The third-order valence-corrected chi connectivity index (χ3v) is 3.22. The lowest BCUT2D eigenvalue weighted by Crippen LogP contribution is -2.04. The van der Waals surface area contributed by atoms with Gasteiger partial charge in [-0.1, -0.05) is 17.8 Å². The molecule has 0 spiro atoms. The van der Waals surface area contributed by atoms with Gasteiger partial charge in [0.2, 0.25) is 0 Å². The molecule has 2 nitrogen and oxygen atoms in total. The van der Waals surface area contributed by atoms with Gasteiger partial charge in [-0.25, -0.2) is 4.98 Å². The molecule has 0 aliphatic carbocycles. The molecule has 0 aliphatic heterocycles. The zero-order chi connectivity index (χ0) is 13.9. The van der Waals surface area contributed by atoms with Crippen molar-refractivity contribution in [1.82, 2.24) is 4.98 Å². The average Bonchev–Trinajstić information content (AvgIpc) is 2.38. The summed E-state index contributed by atoms with van der Waals surface area (Å²) in [5.41, 5.74) is -0.455. The Morgan fingerprint density at radius 1 is 1.11 bits per heavy atom. The largest absolute Gasteiger partial charge is 0.416 e. The Morgan fingerprint density at radius 2 is 1.84 bits per heavy atom. The molecule has 19 heavy (non-hydrogen) atoms. The molecule has 96 valence electrons. The molecule has 0 saturated carbocycles. The second-order valence-electron chi connectivity index (χ2n) is 3.62. The van der Waals surface area contributed by atoms with Crippen LogP contribution in [-0.2, 0) is 6.18 Å². The number of alkyl halides is 3. The lowest BCUT2D eigenvalue weighted by Gasteiger charge is -2.08. The SMILES string of the molecule is N#Cc1cc(Sc2cccc(C(F)(F)F)c2)ccn1. The second-order valence-corrected chi connectivity index (χ2v) is 4.76. The highest BCUT2D eigenvalue weighted by atomic mass is 32.2. The van der Waals surface area contributed by atoms with Crippen molar-refractivity contribution in [2.75, 3.05) is 0 Å². The third-order valence-electron chi connectivity index (χ3n) is 2.24. The molecule has 0 saturated heterocycles. The van der Waals surface area contributed by atoms with Crippen LogP contribution in [0.5, 0.6) is 0 Å². The summed E-state index contributed by atoms with van der Waals surface area (Å²) in [6.45, 7) is 0. The number of pyridine rings is 1. The Labute approximate surface area is 111 Å². The maximum Gasteiger partial charge on any atom is 0.416 e. The van der Waals surface area contributed by atoms with Crippen molar-refractivity contribution in [3.63, 3.8) is 0 Å². The molecule has 1 heterocycles. The predicted molar refractivity (Wildman–Crippen MR) is 64.5 cm³/mol. The van der Waals surface area contributed by atoms with Gasteiger partial charge in [0.1, 0.15) is 11.8 Å². The zero-order valence-electron chi connectivity index (χ0n) is 9.48. The normalized spacial score (nSPS) is 11.1. The van der Waals surface area contributed by atoms with Crippen LogP contribution in [0.15, 0.2) is 52.4 Å². The van der Waals surface area contributed by atoms with Gasteiger partial charge < -0.3 is 0 Å². The number of aromatic nitrogens is 1. The van der Waals surface area contributed by atoms with E-state index >= 15 is 0 Å². The van der Waals surface area contributed by atoms with Gasteiger partial charge in [0.25, 0.3) is 0 Å². The van der Waals surface area contributed by atoms with E-state index in [1.165, 1.54) is 18.3 Å². The molecule has 6 heteroatoms. The molecule has 0 radical (unpaired) electrons. The number of hydrogen-bond donors (Lipinski definition) is 0. The first-order chi connectivity index (χ1) is 8.99. The van der Waals surface area contributed by atoms with Gasteiger partial charge in [-0.2, -0.15) is 18.4 Å². The van der Waals surface area contributed by atoms with Crippen LogP contribution in [0, 0.1) is 11.3 Å². The fraction of sp³-hybridized carbons (Fsp3) is 0.0769. The predicted octanol–water partition coefficient (Wildman–Crippen LogP) is 4.12. The summed E-state index contributed by atoms with van der Waals surface area (Å²) in [6.07, 6.45) is -2.90. The number of hydrogen-bond acceptors (Lipinski definition) is 3. The van der Waals surface area contributed by atoms with Crippen LogP contribution >= 0.6 is 11.8 Å². The van der Waals surface area contributed by atoms with Crippen LogP contribution in [0.2, 0.25) is 0 Å². The fourth-order valence-corrected chi connectivity index (χ4v) is 2.31. The molecule has 2 aromatic rings. The van der Waals surface area contributed by atoms with Crippen molar-refractivity contribution in [3.05, 3.63) is 53.9 Å². The molecular weight excluding hydrogens is 273 g/mol. The van der Waals surface area contributed by atoms with E-state index in [2.05, 4.69) is 4.98 Å². The smallest absolute Gasteiger partial charge is 0.245 e. The van der Waals surface area contributed by atoms with Crippen molar-refractivity contribution >= 4 is 11.8 Å². The number of halogens is 3. The van der Waals surface area contributed by atoms with Crippen molar-refractivity contribution in [2.45, 2.75) is 16.0 Å². The Balaban J connectivity index is 2.26. The van der Waals surface area contributed by atoms with E-state index in [4.69, 9.17) is 5.26 Å². The molecule has 0 fully saturated rings. The fourth-order valence-electron chi connectivity index (χ4n) is 1.41. The van der Waals surface area contributed by atoms with E-state index < -0.39 is 11.7 Å². The van der Waals surface area contributed by atoms with Crippen molar-refractivity contribution < 1.29 is 13.2 Å². The summed E-state index contributed by atoms with van der Waals surface area (Å²) < 4.78 is 37.7. The summed E-state index contributed by atoms with van der Waals surface area (Å²) in [5, 5.41) is 8.71. The highest BCUT2D eigenvalue weighted by Gasteiger charge is 2.30. The van der Waals surface area contributed by atoms with Crippen LogP contribution in [0.1, 0.15) is 11.3 Å². The van der Waals surface area contributed by atoms with Gasteiger partial charge in [0, 0.05) is 16.0 Å². The number of nitriles is 1. The van der Waals surface area contributed by atoms with Crippen molar-refractivity contribution in [2.24, 2.45) is 0 Å². The molecule has 0 aliphatic rings. The molecule has 0 amide bonds. The Bertz CT molecular complexity index is 632. The monoisotopic (exact) mass is 280 g/mol. The minimum atomic E-state index is -4.35. The molecule has 1 aromatic carbocycles. The quantitative estimate of drug-likeness (QED) is 0.830. The Kier molecular flexibility index (Phi) is 3.76. The standard InChI is InChI=1S/C13H7F3N2S/c14-13(15,16)9-2-1-3-11(6-9)19-12-4-5-18-10(7-12)8-17/h1-7H. The Hall–Kier alpha value is -2.00. The average molecular weight is 280 g/mol. The van der Waals surface area contributed by atoms with Crippen LogP contribution < -0.4 is 0 Å².